The molecule has 1 aliphatic heterocycles. The molecule has 3 amide bonds. The molecule has 5 aromatic carbocycles. The topological polar surface area (TPSA) is 165 Å². The van der Waals surface area contributed by atoms with Crippen molar-refractivity contribution in [1.29, 1.82) is 0 Å². The molecular formula is C44H47N4O9PS. The van der Waals surface area contributed by atoms with E-state index in [0.29, 0.717) is 22.6 Å². The second-order valence-electron chi connectivity index (χ2n) is 14.7. The van der Waals surface area contributed by atoms with Crippen LogP contribution in [0.5, 0.6) is 11.5 Å². The molecule has 1 aliphatic rings. The summed E-state index contributed by atoms with van der Waals surface area (Å²) in [5.74, 6) is -0.210. The van der Waals surface area contributed by atoms with E-state index in [-0.39, 0.29) is 31.2 Å². The molecule has 4 atom stereocenters. The number of hydrazine groups is 1. The molecule has 0 aliphatic carbocycles. The van der Waals surface area contributed by atoms with Crippen molar-refractivity contribution in [3.05, 3.63) is 156 Å². The Morgan fingerprint density at radius 2 is 1.42 bits per heavy atom. The number of anilines is 1. The van der Waals surface area contributed by atoms with Crippen molar-refractivity contribution in [2.24, 2.45) is 0 Å². The number of rotatable bonds is 15. The van der Waals surface area contributed by atoms with Crippen LogP contribution in [0.15, 0.2) is 138 Å². The molecule has 1 unspecified atom stereocenters. The number of amides is 3. The largest absolute Gasteiger partial charge is 0.527 e. The van der Waals surface area contributed by atoms with Crippen LogP contribution < -0.4 is 30.3 Å². The molecule has 5 aromatic rings. The third-order valence-electron chi connectivity index (χ3n) is 9.06. The van der Waals surface area contributed by atoms with E-state index < -0.39 is 42.8 Å². The van der Waals surface area contributed by atoms with Gasteiger partial charge >= 0.3 is 13.9 Å². The van der Waals surface area contributed by atoms with E-state index in [4.69, 9.17) is 18.5 Å². The number of ether oxygens (including phenoxy) is 2. The number of thioether (sulfide) groups is 1. The fourth-order valence-electron chi connectivity index (χ4n) is 6.25. The summed E-state index contributed by atoms with van der Waals surface area (Å²) in [6.45, 7) is 5.27. The summed E-state index contributed by atoms with van der Waals surface area (Å²) < 4.78 is 34.0. The standard InChI is InChI=1S/C44H47N4O9PS/c1-44(2,3)56-43(51)47-46-36(27-30-19-23-35(24-20-30)57-58(52,53)55-29-32-15-9-6-10-16-32)41(49)45-39-40(33-21-25-34(54-4)26-22-33)59-38-18-12-11-17-37(38)48(42(39)50)28-31-13-7-5-8-14-31/h5-26,36,39-40,46H,27-29H2,1-4H3,(H,45,49)(H,47,51)(H,52,53)/t36-,39-,40-/m0/s1. The number of carbonyl (C=O) groups is 3. The minimum Gasteiger partial charge on any atom is -0.497 e. The molecule has 0 fully saturated rings. The Bertz CT molecular complexity index is 2240. The minimum atomic E-state index is -4.48. The average Bonchev–Trinajstić information content (AvgIpc) is 3.33. The normalized spacial score (nSPS) is 16.8. The zero-order valence-electron chi connectivity index (χ0n) is 33.1. The van der Waals surface area contributed by atoms with Gasteiger partial charge in [-0.05, 0) is 85.8 Å². The molecule has 0 spiro atoms. The van der Waals surface area contributed by atoms with E-state index in [1.807, 2.05) is 84.9 Å². The molecule has 13 nitrogen and oxygen atoms in total. The van der Waals surface area contributed by atoms with Crippen molar-refractivity contribution in [2.75, 3.05) is 12.0 Å². The lowest BCUT2D eigenvalue weighted by Gasteiger charge is -2.30. The molecule has 0 bridgehead atoms. The van der Waals surface area contributed by atoms with Crippen LogP contribution >= 0.6 is 19.6 Å². The number of phosphoric ester groups is 1. The highest BCUT2D eigenvalue weighted by Gasteiger charge is 2.40. The number of hydrogen-bond acceptors (Lipinski definition) is 10. The summed E-state index contributed by atoms with van der Waals surface area (Å²) in [5, 5.41) is 2.48. The molecule has 59 heavy (non-hydrogen) atoms. The van der Waals surface area contributed by atoms with Crippen LogP contribution in [0.4, 0.5) is 10.5 Å². The molecule has 6 rings (SSSR count). The minimum absolute atomic E-state index is 0.0123. The first kappa shape index (κ1) is 43.0. The number of nitrogens with one attached hydrogen (secondary N) is 3. The second kappa shape index (κ2) is 19.4. The number of benzene rings is 5. The van der Waals surface area contributed by atoms with Crippen LogP contribution in [0.1, 0.15) is 48.3 Å². The van der Waals surface area contributed by atoms with Gasteiger partial charge in [0.05, 0.1) is 31.2 Å². The van der Waals surface area contributed by atoms with Gasteiger partial charge in [0.2, 0.25) is 5.91 Å². The third kappa shape index (κ3) is 12.2. The number of hydrogen-bond donors (Lipinski definition) is 4. The number of nitrogens with zero attached hydrogens (tertiary/aromatic N) is 1. The highest BCUT2D eigenvalue weighted by Crippen LogP contribution is 2.47. The zero-order chi connectivity index (χ0) is 42.0. The van der Waals surface area contributed by atoms with Crippen LogP contribution in [-0.2, 0) is 43.0 Å². The number of carbonyl (C=O) groups excluding carboxylic acids is 3. The van der Waals surface area contributed by atoms with Gasteiger partial charge in [0.15, 0.2) is 0 Å². The zero-order valence-corrected chi connectivity index (χ0v) is 34.8. The molecule has 308 valence electrons. The van der Waals surface area contributed by atoms with E-state index in [9.17, 15) is 23.8 Å². The first-order valence-electron chi connectivity index (χ1n) is 18.9. The first-order chi connectivity index (χ1) is 28.3. The summed E-state index contributed by atoms with van der Waals surface area (Å²) in [6.07, 6.45) is -0.798. The number of phosphoric acid groups is 1. The summed E-state index contributed by atoms with van der Waals surface area (Å²) >= 11 is 1.47. The van der Waals surface area contributed by atoms with Crippen molar-refractivity contribution in [1.82, 2.24) is 16.2 Å². The summed E-state index contributed by atoms with van der Waals surface area (Å²) in [5.41, 5.74) is 8.18. The Morgan fingerprint density at radius 1 is 0.814 bits per heavy atom. The lowest BCUT2D eigenvalue weighted by Crippen LogP contribution is -2.58. The van der Waals surface area contributed by atoms with Gasteiger partial charge in [0.1, 0.15) is 29.2 Å². The predicted molar refractivity (Wildman–Crippen MR) is 226 cm³/mol. The van der Waals surface area contributed by atoms with Gasteiger partial charge < -0.3 is 24.2 Å². The Kier molecular flexibility index (Phi) is 14.1. The molecule has 0 radical (unpaired) electrons. The van der Waals surface area contributed by atoms with Crippen molar-refractivity contribution < 1.29 is 42.4 Å². The molecule has 1 heterocycles. The smallest absolute Gasteiger partial charge is 0.497 e. The maximum atomic E-state index is 14.9. The Hall–Kier alpha value is -5.63. The highest BCUT2D eigenvalue weighted by atomic mass is 32.2. The van der Waals surface area contributed by atoms with Gasteiger partial charge in [-0.1, -0.05) is 97.1 Å². The third-order valence-corrected chi connectivity index (χ3v) is 11.3. The fraction of sp³-hybridized carbons (Fsp3) is 0.250. The monoisotopic (exact) mass is 838 g/mol. The predicted octanol–water partition coefficient (Wildman–Crippen LogP) is 7.90. The van der Waals surface area contributed by atoms with Crippen LogP contribution in [0, 0.1) is 0 Å². The maximum absolute atomic E-state index is 14.9. The lowest BCUT2D eigenvalue weighted by atomic mass is 10.0. The van der Waals surface area contributed by atoms with E-state index in [2.05, 4.69) is 16.2 Å². The van der Waals surface area contributed by atoms with E-state index in [1.165, 1.54) is 23.9 Å². The van der Waals surface area contributed by atoms with Gasteiger partial charge in [0.25, 0.3) is 5.91 Å². The van der Waals surface area contributed by atoms with Gasteiger partial charge in [-0.3, -0.25) is 24.4 Å². The fourth-order valence-corrected chi connectivity index (χ4v) is 8.34. The van der Waals surface area contributed by atoms with Crippen LogP contribution in [0.3, 0.4) is 0 Å². The van der Waals surface area contributed by atoms with Crippen molar-refractivity contribution in [3.63, 3.8) is 0 Å². The van der Waals surface area contributed by atoms with Gasteiger partial charge in [-0.2, -0.15) is 0 Å². The Morgan fingerprint density at radius 3 is 2.07 bits per heavy atom. The average molecular weight is 839 g/mol. The summed E-state index contributed by atoms with van der Waals surface area (Å²) in [7, 11) is -2.90. The molecule has 0 saturated carbocycles. The molecule has 4 N–H and O–H groups in total. The summed E-state index contributed by atoms with van der Waals surface area (Å²) in [4.78, 5) is 55.2. The molecule has 0 aromatic heterocycles. The van der Waals surface area contributed by atoms with Crippen molar-refractivity contribution in [2.45, 2.75) is 68.2 Å². The number of para-hydroxylation sites is 1. The van der Waals surface area contributed by atoms with E-state index in [1.54, 1.807) is 69.2 Å². The van der Waals surface area contributed by atoms with Crippen molar-refractivity contribution >= 4 is 43.2 Å². The van der Waals surface area contributed by atoms with Crippen LogP contribution in [-0.4, -0.2) is 47.6 Å². The second-order valence-corrected chi connectivity index (χ2v) is 17.2. The quantitative estimate of drug-likeness (QED) is 0.0599. The Labute approximate surface area is 348 Å². The number of fused-ring (bicyclic) bond motifs is 1. The van der Waals surface area contributed by atoms with E-state index >= 15 is 0 Å². The van der Waals surface area contributed by atoms with Crippen molar-refractivity contribution in [3.8, 4) is 11.5 Å². The lowest BCUT2D eigenvalue weighted by molar-refractivity contribution is -0.129. The van der Waals surface area contributed by atoms with E-state index in [0.717, 1.165) is 16.0 Å². The Balaban J connectivity index is 1.27. The van der Waals surface area contributed by atoms with Gasteiger partial charge in [-0.15, -0.1) is 11.8 Å². The molecule has 15 heteroatoms. The van der Waals surface area contributed by atoms with Gasteiger partial charge in [-0.25, -0.2) is 14.8 Å². The number of methoxy groups -OCH3 is 1. The maximum Gasteiger partial charge on any atom is 0.527 e. The van der Waals surface area contributed by atoms with Crippen LogP contribution in [0.2, 0.25) is 0 Å². The van der Waals surface area contributed by atoms with Gasteiger partial charge in [0, 0.05) is 4.90 Å². The SMILES string of the molecule is COc1ccc([C@@H]2Sc3ccccc3N(Cc3ccccc3)C(=O)[C@H]2NC(=O)[C@H](Cc2ccc(OP(=O)(O)OCc3ccccc3)cc2)NNC(=O)OC(C)(C)C)cc1. The summed E-state index contributed by atoms with van der Waals surface area (Å²) in [6, 6.07) is 37.5. The molecular weight excluding hydrogens is 792 g/mol. The molecule has 0 saturated heterocycles. The van der Waals surface area contributed by atoms with Crippen LogP contribution in [0.25, 0.3) is 0 Å². The first-order valence-corrected chi connectivity index (χ1v) is 21.2. The highest BCUT2D eigenvalue weighted by molar-refractivity contribution is 7.99.